The second-order valence-corrected chi connectivity index (χ2v) is 9.48. The SMILES string of the molecule is COc1nc(N2CCC(C(F)(F)F)C2)c(F)cc1CNC(=O)C1CCCN1C(=O)OC(C)(C)C. The van der Waals surface area contributed by atoms with Crippen LogP contribution in [0.1, 0.15) is 45.6 Å². The number of amides is 2. The predicted molar refractivity (Wildman–Crippen MR) is 115 cm³/mol. The van der Waals surface area contributed by atoms with Crippen molar-refractivity contribution in [2.75, 3.05) is 31.6 Å². The number of anilines is 1. The van der Waals surface area contributed by atoms with Gasteiger partial charge in [0.25, 0.3) is 0 Å². The monoisotopic (exact) mass is 490 g/mol. The molecule has 2 atom stereocenters. The molecule has 12 heteroatoms. The number of methoxy groups -OCH3 is 1. The van der Waals surface area contributed by atoms with Crippen LogP contribution in [0.4, 0.5) is 28.2 Å². The van der Waals surface area contributed by atoms with Gasteiger partial charge in [0.15, 0.2) is 11.6 Å². The molecule has 2 saturated heterocycles. The second kappa shape index (κ2) is 9.83. The summed E-state index contributed by atoms with van der Waals surface area (Å²) in [6.07, 6.45) is -3.97. The van der Waals surface area contributed by atoms with Crippen molar-refractivity contribution in [1.82, 2.24) is 15.2 Å². The number of nitrogens with zero attached hydrogens (tertiary/aromatic N) is 3. The Balaban J connectivity index is 1.67. The first-order chi connectivity index (χ1) is 15.8. The first kappa shape index (κ1) is 25.8. The Morgan fingerprint density at radius 1 is 1.21 bits per heavy atom. The number of carbonyl (C=O) groups is 2. The molecule has 1 aromatic rings. The number of hydrogen-bond acceptors (Lipinski definition) is 6. The summed E-state index contributed by atoms with van der Waals surface area (Å²) in [5.74, 6) is -2.99. The number of hydrogen-bond donors (Lipinski definition) is 1. The summed E-state index contributed by atoms with van der Waals surface area (Å²) in [6.45, 7) is 5.10. The van der Waals surface area contributed by atoms with Gasteiger partial charge in [-0.05, 0) is 46.1 Å². The van der Waals surface area contributed by atoms with Crippen molar-refractivity contribution >= 4 is 17.8 Å². The number of rotatable bonds is 5. The van der Waals surface area contributed by atoms with Gasteiger partial charge in [-0.2, -0.15) is 18.2 Å². The summed E-state index contributed by atoms with van der Waals surface area (Å²) in [4.78, 5) is 31.9. The third kappa shape index (κ3) is 6.01. The zero-order chi connectivity index (χ0) is 25.3. The van der Waals surface area contributed by atoms with Crippen LogP contribution in [0.5, 0.6) is 5.88 Å². The zero-order valence-electron chi connectivity index (χ0n) is 19.7. The highest BCUT2D eigenvalue weighted by molar-refractivity contribution is 5.86. The van der Waals surface area contributed by atoms with Crippen LogP contribution in [-0.4, -0.2) is 66.4 Å². The lowest BCUT2D eigenvalue weighted by Gasteiger charge is -2.28. The lowest BCUT2D eigenvalue weighted by atomic mass is 10.1. The van der Waals surface area contributed by atoms with Gasteiger partial charge >= 0.3 is 12.3 Å². The lowest BCUT2D eigenvalue weighted by molar-refractivity contribution is -0.168. The molecule has 3 rings (SSSR count). The number of ether oxygens (including phenoxy) is 2. The van der Waals surface area contributed by atoms with Crippen molar-refractivity contribution in [1.29, 1.82) is 0 Å². The third-order valence-corrected chi connectivity index (χ3v) is 5.78. The van der Waals surface area contributed by atoms with E-state index in [1.165, 1.54) is 16.9 Å². The molecule has 2 unspecified atom stereocenters. The molecular weight excluding hydrogens is 460 g/mol. The summed E-state index contributed by atoms with van der Waals surface area (Å²) >= 11 is 0. The summed E-state index contributed by atoms with van der Waals surface area (Å²) in [7, 11) is 1.30. The van der Waals surface area contributed by atoms with E-state index in [1.54, 1.807) is 20.8 Å². The molecule has 1 N–H and O–H groups in total. The highest BCUT2D eigenvalue weighted by Crippen LogP contribution is 2.36. The largest absolute Gasteiger partial charge is 0.481 e. The Bertz CT molecular complexity index is 919. The van der Waals surface area contributed by atoms with Crippen molar-refractivity contribution in [3.05, 3.63) is 17.4 Å². The molecule has 0 bridgehead atoms. The number of alkyl halides is 3. The smallest absolute Gasteiger partial charge is 0.410 e. The van der Waals surface area contributed by atoms with E-state index in [9.17, 15) is 27.2 Å². The van der Waals surface area contributed by atoms with Crippen molar-refractivity contribution in [2.24, 2.45) is 5.92 Å². The highest BCUT2D eigenvalue weighted by atomic mass is 19.4. The molecule has 190 valence electrons. The predicted octanol–water partition coefficient (Wildman–Crippen LogP) is 3.63. The molecule has 2 aliphatic heterocycles. The van der Waals surface area contributed by atoms with Crippen molar-refractivity contribution in [3.63, 3.8) is 0 Å². The van der Waals surface area contributed by atoms with Crippen molar-refractivity contribution in [2.45, 2.75) is 64.4 Å². The van der Waals surface area contributed by atoms with Gasteiger partial charge < -0.3 is 19.7 Å². The Morgan fingerprint density at radius 2 is 1.91 bits per heavy atom. The number of pyridine rings is 1. The fraction of sp³-hybridized carbons (Fsp3) is 0.682. The van der Waals surface area contributed by atoms with Crippen LogP contribution < -0.4 is 15.0 Å². The first-order valence-corrected chi connectivity index (χ1v) is 11.1. The molecule has 3 heterocycles. The van der Waals surface area contributed by atoms with Crippen LogP contribution in [0.3, 0.4) is 0 Å². The van der Waals surface area contributed by atoms with Gasteiger partial charge in [-0.1, -0.05) is 0 Å². The second-order valence-electron chi connectivity index (χ2n) is 9.48. The minimum atomic E-state index is -4.35. The molecule has 1 aromatic heterocycles. The lowest BCUT2D eigenvalue weighted by Crippen LogP contribution is -2.47. The molecule has 2 fully saturated rings. The average molecular weight is 490 g/mol. The van der Waals surface area contributed by atoms with Crippen LogP contribution in [0.15, 0.2) is 6.07 Å². The molecule has 8 nitrogen and oxygen atoms in total. The molecular formula is C22H30F4N4O4. The van der Waals surface area contributed by atoms with E-state index in [1.807, 2.05) is 0 Å². The van der Waals surface area contributed by atoms with Gasteiger partial charge in [0.05, 0.1) is 13.0 Å². The Hall–Kier alpha value is -2.79. The number of likely N-dealkylation sites (tertiary alicyclic amines) is 1. The minimum Gasteiger partial charge on any atom is -0.481 e. The Morgan fingerprint density at radius 3 is 2.50 bits per heavy atom. The summed E-state index contributed by atoms with van der Waals surface area (Å²) in [5, 5.41) is 2.67. The van der Waals surface area contributed by atoms with E-state index in [2.05, 4.69) is 10.3 Å². The van der Waals surface area contributed by atoms with E-state index in [0.29, 0.717) is 19.4 Å². The quantitative estimate of drug-likeness (QED) is 0.635. The topological polar surface area (TPSA) is 84.0 Å². The maximum Gasteiger partial charge on any atom is 0.410 e. The maximum atomic E-state index is 14.8. The molecule has 0 aromatic carbocycles. The van der Waals surface area contributed by atoms with E-state index >= 15 is 0 Å². The van der Waals surface area contributed by atoms with Gasteiger partial charge in [0.2, 0.25) is 11.8 Å². The van der Waals surface area contributed by atoms with Crippen molar-refractivity contribution < 1.29 is 36.6 Å². The Kier molecular flexibility index (Phi) is 7.47. The zero-order valence-corrected chi connectivity index (χ0v) is 19.7. The van der Waals surface area contributed by atoms with Gasteiger partial charge in [0, 0.05) is 31.7 Å². The van der Waals surface area contributed by atoms with Crippen LogP contribution in [0, 0.1) is 11.7 Å². The standard InChI is InChI=1S/C22H30F4N4O4/c1-21(2,3)34-20(32)30-8-5-6-16(30)18(31)27-11-13-10-15(23)17(28-19(13)33-4)29-9-7-14(12-29)22(24,25)26/h10,14,16H,5-9,11-12H2,1-4H3,(H,27,31). The van der Waals surface area contributed by atoms with Gasteiger partial charge in [-0.25, -0.2) is 9.18 Å². The number of aromatic nitrogens is 1. The fourth-order valence-corrected chi connectivity index (χ4v) is 4.12. The molecule has 2 aliphatic rings. The van der Waals surface area contributed by atoms with Crippen LogP contribution in [-0.2, 0) is 16.1 Å². The third-order valence-electron chi connectivity index (χ3n) is 5.78. The molecule has 0 radical (unpaired) electrons. The number of carbonyl (C=O) groups excluding carboxylic acids is 2. The van der Waals surface area contributed by atoms with Crippen LogP contribution >= 0.6 is 0 Å². The maximum absolute atomic E-state index is 14.8. The summed E-state index contributed by atoms with van der Waals surface area (Å²) in [5.41, 5.74) is -0.473. The van der Waals surface area contributed by atoms with Crippen molar-refractivity contribution in [3.8, 4) is 5.88 Å². The molecule has 0 spiro atoms. The summed E-state index contributed by atoms with van der Waals surface area (Å²) in [6, 6.07) is 0.379. The molecule has 34 heavy (non-hydrogen) atoms. The van der Waals surface area contributed by atoms with Crippen LogP contribution in [0.2, 0.25) is 0 Å². The highest BCUT2D eigenvalue weighted by Gasteiger charge is 2.44. The Labute approximate surface area is 195 Å². The van der Waals surface area contributed by atoms with Gasteiger partial charge in [0.1, 0.15) is 11.6 Å². The number of halogens is 4. The van der Waals surface area contributed by atoms with E-state index in [-0.39, 0.29) is 43.3 Å². The van der Waals surface area contributed by atoms with E-state index < -0.39 is 41.6 Å². The minimum absolute atomic E-state index is 0.00239. The molecule has 0 aliphatic carbocycles. The van der Waals surface area contributed by atoms with E-state index in [4.69, 9.17) is 9.47 Å². The summed E-state index contributed by atoms with van der Waals surface area (Å²) < 4.78 is 64.3. The first-order valence-electron chi connectivity index (χ1n) is 11.1. The fourth-order valence-electron chi connectivity index (χ4n) is 4.12. The normalized spacial score (nSPS) is 21.1. The molecule has 2 amide bonds. The van der Waals surface area contributed by atoms with Gasteiger partial charge in [-0.15, -0.1) is 0 Å². The number of nitrogens with one attached hydrogen (secondary N) is 1. The average Bonchev–Trinajstić information content (AvgIpc) is 3.40. The van der Waals surface area contributed by atoms with Gasteiger partial charge in [-0.3, -0.25) is 9.69 Å². The van der Waals surface area contributed by atoms with Crippen LogP contribution in [0.25, 0.3) is 0 Å². The van der Waals surface area contributed by atoms with E-state index in [0.717, 1.165) is 6.07 Å². The molecule has 0 saturated carbocycles.